The molecule has 104 valence electrons. The van der Waals surface area contributed by atoms with E-state index in [1.807, 2.05) is 6.92 Å². The van der Waals surface area contributed by atoms with Gasteiger partial charge in [0.05, 0.1) is 6.61 Å². The van der Waals surface area contributed by atoms with Gasteiger partial charge in [0.15, 0.2) is 11.9 Å². The highest BCUT2D eigenvalue weighted by atomic mass is 17.3. The SMILES string of the molecule is CO[C@H]1O[C@@]2(C)OO[C@]13CCCC[C@@H]3C[C@@H]2CO. The third-order valence-electron chi connectivity index (χ3n) is 4.91. The van der Waals surface area contributed by atoms with Crippen LogP contribution in [-0.4, -0.2) is 36.5 Å². The zero-order valence-electron chi connectivity index (χ0n) is 11.1. The Kier molecular flexibility index (Phi) is 3.15. The molecule has 4 aliphatic rings. The standard InChI is InChI=1S/C13H22O5/c1-12-10(8-14)7-9-5-3-4-6-13(9,18-17-12)11(15-2)16-12/h9-11,14H,3-8H2,1-2H3/t9-,10-,11+,12+,13+/m1/s1. The highest BCUT2D eigenvalue weighted by Crippen LogP contribution is 2.53. The van der Waals surface area contributed by atoms with Crippen LogP contribution in [0.1, 0.15) is 39.0 Å². The molecular formula is C13H22O5. The normalized spacial score (nSPS) is 51.8. The third-order valence-corrected chi connectivity index (χ3v) is 4.91. The van der Waals surface area contributed by atoms with Gasteiger partial charge in [0.2, 0.25) is 5.79 Å². The summed E-state index contributed by atoms with van der Waals surface area (Å²) in [6.45, 7) is 1.87. The minimum Gasteiger partial charge on any atom is -0.396 e. The van der Waals surface area contributed by atoms with E-state index in [-0.39, 0.29) is 12.5 Å². The molecule has 5 nitrogen and oxygen atoms in total. The molecule has 4 rings (SSSR count). The minimum atomic E-state index is -0.905. The monoisotopic (exact) mass is 258 g/mol. The fourth-order valence-electron chi connectivity index (χ4n) is 3.72. The van der Waals surface area contributed by atoms with Crippen molar-refractivity contribution in [1.82, 2.24) is 0 Å². The summed E-state index contributed by atoms with van der Waals surface area (Å²) < 4.78 is 11.5. The van der Waals surface area contributed by atoms with Crippen LogP contribution in [-0.2, 0) is 19.2 Å². The molecule has 0 unspecified atom stereocenters. The van der Waals surface area contributed by atoms with E-state index in [4.69, 9.17) is 19.2 Å². The lowest BCUT2D eigenvalue weighted by atomic mass is 9.71. The van der Waals surface area contributed by atoms with Gasteiger partial charge in [0, 0.05) is 13.0 Å². The number of rotatable bonds is 2. The molecule has 3 saturated heterocycles. The first-order valence-corrected chi connectivity index (χ1v) is 6.83. The lowest BCUT2D eigenvalue weighted by Crippen LogP contribution is -2.60. The van der Waals surface area contributed by atoms with Crippen LogP contribution in [0.5, 0.6) is 0 Å². The molecule has 4 fully saturated rings. The van der Waals surface area contributed by atoms with Gasteiger partial charge in [-0.1, -0.05) is 12.8 Å². The summed E-state index contributed by atoms with van der Waals surface area (Å²) in [5.41, 5.74) is -0.490. The fourth-order valence-corrected chi connectivity index (χ4v) is 3.72. The van der Waals surface area contributed by atoms with Gasteiger partial charge in [0.1, 0.15) is 0 Å². The number of aliphatic hydroxyl groups excluding tert-OH is 1. The number of hydrogen-bond acceptors (Lipinski definition) is 5. The van der Waals surface area contributed by atoms with Crippen LogP contribution in [0.3, 0.4) is 0 Å². The molecule has 1 N–H and O–H groups in total. The zero-order chi connectivity index (χ0) is 12.8. The Morgan fingerprint density at radius 3 is 2.89 bits per heavy atom. The predicted octanol–water partition coefficient (Wildman–Crippen LogP) is 1.59. The second-order valence-electron chi connectivity index (χ2n) is 5.88. The van der Waals surface area contributed by atoms with Gasteiger partial charge < -0.3 is 14.6 Å². The Morgan fingerprint density at radius 1 is 1.33 bits per heavy atom. The van der Waals surface area contributed by atoms with Gasteiger partial charge in [-0.15, -0.1) is 0 Å². The first-order valence-electron chi connectivity index (χ1n) is 6.83. The Morgan fingerprint density at radius 2 is 2.17 bits per heavy atom. The maximum Gasteiger partial charge on any atom is 0.206 e. The molecule has 0 radical (unpaired) electrons. The summed E-state index contributed by atoms with van der Waals surface area (Å²) in [7, 11) is 1.65. The van der Waals surface area contributed by atoms with E-state index in [9.17, 15) is 5.11 Å². The second-order valence-corrected chi connectivity index (χ2v) is 5.88. The molecule has 3 heterocycles. The maximum absolute atomic E-state index is 9.59. The molecule has 0 aromatic carbocycles. The average Bonchev–Trinajstić information content (AvgIpc) is 2.59. The van der Waals surface area contributed by atoms with E-state index in [0.29, 0.717) is 5.92 Å². The number of aliphatic hydroxyl groups is 1. The average molecular weight is 258 g/mol. The topological polar surface area (TPSA) is 57.2 Å². The molecule has 1 aliphatic carbocycles. The van der Waals surface area contributed by atoms with Gasteiger partial charge in [0.25, 0.3) is 0 Å². The van der Waals surface area contributed by atoms with Crippen molar-refractivity contribution in [2.45, 2.75) is 56.7 Å². The van der Waals surface area contributed by atoms with Crippen LogP contribution in [0.25, 0.3) is 0 Å². The Bertz CT molecular complexity index is 323. The lowest BCUT2D eigenvalue weighted by molar-refractivity contribution is -0.554. The summed E-state index contributed by atoms with van der Waals surface area (Å²) in [6.07, 6.45) is 4.74. The first-order chi connectivity index (χ1) is 8.64. The quantitative estimate of drug-likeness (QED) is 0.762. The van der Waals surface area contributed by atoms with Gasteiger partial charge in [-0.05, 0) is 32.1 Å². The van der Waals surface area contributed by atoms with Crippen molar-refractivity contribution in [1.29, 1.82) is 0 Å². The smallest absolute Gasteiger partial charge is 0.206 e. The predicted molar refractivity (Wildman–Crippen MR) is 62.3 cm³/mol. The van der Waals surface area contributed by atoms with Crippen LogP contribution in [0.2, 0.25) is 0 Å². The van der Waals surface area contributed by atoms with E-state index < -0.39 is 17.7 Å². The third kappa shape index (κ3) is 1.65. The summed E-state index contributed by atoms with van der Waals surface area (Å²) >= 11 is 0. The second kappa shape index (κ2) is 4.42. The molecule has 0 aromatic heterocycles. The minimum absolute atomic E-state index is 0.0445. The molecule has 1 spiro atoms. The number of fused-ring (bicyclic) bond motifs is 3. The van der Waals surface area contributed by atoms with Crippen LogP contribution < -0.4 is 0 Å². The van der Waals surface area contributed by atoms with Gasteiger partial charge >= 0.3 is 0 Å². The highest BCUT2D eigenvalue weighted by molar-refractivity contribution is 5.01. The largest absolute Gasteiger partial charge is 0.396 e. The number of methoxy groups -OCH3 is 1. The maximum atomic E-state index is 9.59. The Labute approximate surface area is 107 Å². The Balaban J connectivity index is 1.99. The van der Waals surface area contributed by atoms with Crippen molar-refractivity contribution < 1.29 is 24.4 Å². The van der Waals surface area contributed by atoms with Crippen molar-refractivity contribution in [2.75, 3.05) is 13.7 Å². The van der Waals surface area contributed by atoms with Crippen molar-refractivity contribution in [3.05, 3.63) is 0 Å². The summed E-state index contributed by atoms with van der Waals surface area (Å²) in [5, 5.41) is 9.59. The van der Waals surface area contributed by atoms with Crippen molar-refractivity contribution in [3.63, 3.8) is 0 Å². The van der Waals surface area contributed by atoms with Crippen molar-refractivity contribution >= 4 is 0 Å². The van der Waals surface area contributed by atoms with Gasteiger partial charge in [-0.2, -0.15) is 0 Å². The molecule has 18 heavy (non-hydrogen) atoms. The molecule has 0 amide bonds. The summed E-state index contributed by atoms with van der Waals surface area (Å²) in [5.74, 6) is -0.641. The van der Waals surface area contributed by atoms with Crippen LogP contribution in [0.15, 0.2) is 0 Å². The lowest BCUT2D eigenvalue weighted by Gasteiger charge is -2.49. The molecule has 5 atom stereocenters. The van der Waals surface area contributed by atoms with Crippen molar-refractivity contribution in [2.24, 2.45) is 11.8 Å². The van der Waals surface area contributed by atoms with E-state index >= 15 is 0 Å². The van der Waals surface area contributed by atoms with E-state index in [2.05, 4.69) is 0 Å². The summed E-state index contributed by atoms with van der Waals surface area (Å²) in [6, 6.07) is 0. The molecule has 0 aromatic rings. The molecule has 2 bridgehead atoms. The van der Waals surface area contributed by atoms with Crippen LogP contribution in [0, 0.1) is 11.8 Å². The van der Waals surface area contributed by atoms with Crippen LogP contribution in [0.4, 0.5) is 0 Å². The molecule has 1 saturated carbocycles. The molecular weight excluding hydrogens is 236 g/mol. The van der Waals surface area contributed by atoms with Gasteiger partial charge in [-0.25, -0.2) is 9.78 Å². The van der Waals surface area contributed by atoms with E-state index in [1.54, 1.807) is 7.11 Å². The fraction of sp³-hybridized carbons (Fsp3) is 1.00. The first kappa shape index (κ1) is 12.8. The van der Waals surface area contributed by atoms with Crippen molar-refractivity contribution in [3.8, 4) is 0 Å². The van der Waals surface area contributed by atoms with E-state index in [1.165, 1.54) is 6.42 Å². The molecule has 5 heteroatoms. The van der Waals surface area contributed by atoms with Gasteiger partial charge in [-0.3, -0.25) is 0 Å². The highest BCUT2D eigenvalue weighted by Gasteiger charge is 2.62. The van der Waals surface area contributed by atoms with Crippen LogP contribution >= 0.6 is 0 Å². The summed E-state index contributed by atoms with van der Waals surface area (Å²) in [4.78, 5) is 11.3. The number of hydrogen-bond donors (Lipinski definition) is 1. The zero-order valence-corrected chi connectivity index (χ0v) is 11.1. The molecule has 3 aliphatic heterocycles. The Hall–Kier alpha value is -0.200. The van der Waals surface area contributed by atoms with E-state index in [0.717, 1.165) is 25.7 Å². The number of ether oxygens (including phenoxy) is 2.